The second-order valence-electron chi connectivity index (χ2n) is 5.24. The number of aromatic nitrogens is 2. The number of halogens is 1. The Balaban J connectivity index is 2.26. The van der Waals surface area contributed by atoms with E-state index >= 15 is 0 Å². The highest BCUT2D eigenvalue weighted by molar-refractivity contribution is 6.32. The van der Waals surface area contributed by atoms with Crippen molar-refractivity contribution in [1.29, 1.82) is 0 Å². The SMILES string of the molecule is COC(=O)C(N)Cc1ccc(OC)c(Cn2cc(Cl)c([N+](=O)[O-])n2)c1. The summed E-state index contributed by atoms with van der Waals surface area (Å²) < 4.78 is 11.3. The number of nitro groups is 1. The Morgan fingerprint density at radius 2 is 2.20 bits per heavy atom. The van der Waals surface area contributed by atoms with Gasteiger partial charge in [-0.3, -0.25) is 4.79 Å². The molecule has 10 heteroatoms. The predicted octanol–water partition coefficient (Wildman–Crippen LogP) is 1.54. The van der Waals surface area contributed by atoms with Crippen molar-refractivity contribution in [1.82, 2.24) is 9.78 Å². The second kappa shape index (κ2) is 7.95. The van der Waals surface area contributed by atoms with E-state index in [2.05, 4.69) is 9.84 Å². The van der Waals surface area contributed by atoms with E-state index in [-0.39, 0.29) is 18.0 Å². The maximum absolute atomic E-state index is 11.5. The molecule has 1 aromatic carbocycles. The van der Waals surface area contributed by atoms with Crippen LogP contribution < -0.4 is 10.5 Å². The molecule has 2 N–H and O–H groups in total. The fourth-order valence-corrected chi connectivity index (χ4v) is 2.56. The Kier molecular flexibility index (Phi) is 5.94. The largest absolute Gasteiger partial charge is 0.496 e. The zero-order valence-corrected chi connectivity index (χ0v) is 14.4. The quantitative estimate of drug-likeness (QED) is 0.446. The molecule has 1 aromatic heterocycles. The van der Waals surface area contributed by atoms with Crippen molar-refractivity contribution in [2.24, 2.45) is 5.73 Å². The molecule has 0 amide bonds. The summed E-state index contributed by atoms with van der Waals surface area (Å²) in [5.74, 6) is -0.346. The molecule has 2 rings (SSSR count). The maximum atomic E-state index is 11.5. The number of rotatable bonds is 7. The van der Waals surface area contributed by atoms with Crippen LogP contribution >= 0.6 is 11.6 Å². The summed E-state index contributed by atoms with van der Waals surface area (Å²) in [4.78, 5) is 21.6. The van der Waals surface area contributed by atoms with E-state index in [0.29, 0.717) is 11.3 Å². The Bertz CT molecular complexity index is 792. The lowest BCUT2D eigenvalue weighted by atomic mass is 10.0. The van der Waals surface area contributed by atoms with Gasteiger partial charge in [0.15, 0.2) is 5.02 Å². The lowest BCUT2D eigenvalue weighted by molar-refractivity contribution is -0.389. The average molecular weight is 369 g/mol. The first-order chi connectivity index (χ1) is 11.8. The smallest absolute Gasteiger partial charge is 0.408 e. The molecule has 25 heavy (non-hydrogen) atoms. The van der Waals surface area contributed by atoms with Crippen molar-refractivity contribution in [3.05, 3.63) is 50.7 Å². The standard InChI is InChI=1S/C15H17ClN4O5/c1-24-13-4-3-9(6-12(17)15(21)25-2)5-10(13)7-19-8-11(16)14(18-19)20(22)23/h3-5,8,12H,6-7,17H2,1-2H3. The van der Waals surface area contributed by atoms with Crippen LogP contribution in [0.5, 0.6) is 5.75 Å². The van der Waals surface area contributed by atoms with E-state index in [1.165, 1.54) is 25.1 Å². The van der Waals surface area contributed by atoms with E-state index in [9.17, 15) is 14.9 Å². The molecule has 1 unspecified atom stereocenters. The van der Waals surface area contributed by atoms with Crippen LogP contribution in [0.4, 0.5) is 5.82 Å². The molecule has 9 nitrogen and oxygen atoms in total. The molecule has 0 radical (unpaired) electrons. The summed E-state index contributed by atoms with van der Waals surface area (Å²) in [7, 11) is 2.78. The van der Waals surface area contributed by atoms with E-state index < -0.39 is 22.8 Å². The molecule has 0 aliphatic carbocycles. The van der Waals surface area contributed by atoms with Gasteiger partial charge in [-0.2, -0.15) is 4.68 Å². The van der Waals surface area contributed by atoms with Crippen molar-refractivity contribution >= 4 is 23.4 Å². The van der Waals surface area contributed by atoms with Crippen LogP contribution in [0.3, 0.4) is 0 Å². The first-order valence-corrected chi connectivity index (χ1v) is 7.60. The van der Waals surface area contributed by atoms with Crippen LogP contribution in [0.2, 0.25) is 5.02 Å². The third-order valence-electron chi connectivity index (χ3n) is 3.51. The highest BCUT2D eigenvalue weighted by atomic mass is 35.5. The van der Waals surface area contributed by atoms with E-state index in [4.69, 9.17) is 22.1 Å². The molecule has 0 bridgehead atoms. The molecule has 2 aromatic rings. The van der Waals surface area contributed by atoms with Crippen molar-refractivity contribution < 1.29 is 19.2 Å². The van der Waals surface area contributed by atoms with Gasteiger partial charge in [-0.1, -0.05) is 23.7 Å². The minimum Gasteiger partial charge on any atom is -0.496 e. The van der Waals surface area contributed by atoms with Gasteiger partial charge in [0.05, 0.1) is 32.1 Å². The molecule has 1 atom stereocenters. The Labute approximate surface area is 148 Å². The zero-order chi connectivity index (χ0) is 18.6. The van der Waals surface area contributed by atoms with Gasteiger partial charge >= 0.3 is 11.8 Å². The molecule has 1 heterocycles. The van der Waals surface area contributed by atoms with Crippen molar-refractivity contribution in [2.75, 3.05) is 14.2 Å². The molecule has 0 fully saturated rings. The number of nitrogens with two attached hydrogens (primary N) is 1. The second-order valence-corrected chi connectivity index (χ2v) is 5.64. The van der Waals surface area contributed by atoms with Gasteiger partial charge in [0.2, 0.25) is 0 Å². The number of carbonyl (C=O) groups is 1. The topological polar surface area (TPSA) is 123 Å². The highest BCUT2D eigenvalue weighted by Gasteiger charge is 2.20. The average Bonchev–Trinajstić information content (AvgIpc) is 2.95. The fraction of sp³-hybridized carbons (Fsp3) is 0.333. The minimum absolute atomic E-state index is 0.0483. The highest BCUT2D eigenvalue weighted by Crippen LogP contribution is 2.25. The van der Waals surface area contributed by atoms with Crippen LogP contribution in [-0.4, -0.2) is 40.9 Å². The Morgan fingerprint density at radius 1 is 1.48 bits per heavy atom. The summed E-state index contributed by atoms with van der Waals surface area (Å²) in [5.41, 5.74) is 7.28. The number of esters is 1. The molecule has 0 spiro atoms. The third kappa shape index (κ3) is 4.46. The molecular weight excluding hydrogens is 352 g/mol. The monoisotopic (exact) mass is 368 g/mol. The van der Waals surface area contributed by atoms with E-state index in [1.54, 1.807) is 18.2 Å². The molecule has 0 saturated heterocycles. The Hall–Kier alpha value is -2.65. The number of benzene rings is 1. The van der Waals surface area contributed by atoms with Gasteiger partial charge < -0.3 is 25.3 Å². The Morgan fingerprint density at radius 3 is 2.76 bits per heavy atom. The summed E-state index contributed by atoms with van der Waals surface area (Å²) in [6, 6.07) is 4.52. The third-order valence-corrected chi connectivity index (χ3v) is 3.78. The van der Waals surface area contributed by atoms with Gasteiger partial charge in [-0.05, 0) is 23.0 Å². The van der Waals surface area contributed by atoms with Crippen LogP contribution in [0.25, 0.3) is 0 Å². The van der Waals surface area contributed by atoms with E-state index in [1.807, 2.05) is 0 Å². The number of hydrogen-bond donors (Lipinski definition) is 1. The lowest BCUT2D eigenvalue weighted by Crippen LogP contribution is -2.33. The van der Waals surface area contributed by atoms with Crippen LogP contribution in [-0.2, 0) is 22.5 Å². The lowest BCUT2D eigenvalue weighted by Gasteiger charge is -2.12. The number of hydrogen-bond acceptors (Lipinski definition) is 7. The number of methoxy groups -OCH3 is 2. The number of carbonyl (C=O) groups excluding carboxylic acids is 1. The predicted molar refractivity (Wildman–Crippen MR) is 89.7 cm³/mol. The van der Waals surface area contributed by atoms with Crippen molar-refractivity contribution in [3.8, 4) is 5.75 Å². The summed E-state index contributed by atoms with van der Waals surface area (Å²) >= 11 is 5.81. The van der Waals surface area contributed by atoms with Crippen LogP contribution in [0.15, 0.2) is 24.4 Å². The molecule has 0 aliphatic heterocycles. The summed E-state index contributed by atoms with van der Waals surface area (Å²) in [6.45, 7) is 0.206. The molecule has 134 valence electrons. The van der Waals surface area contributed by atoms with Gasteiger partial charge in [0.1, 0.15) is 11.8 Å². The summed E-state index contributed by atoms with van der Waals surface area (Å²) in [6.07, 6.45) is 1.65. The first kappa shape index (κ1) is 18.7. The van der Waals surface area contributed by atoms with E-state index in [0.717, 1.165) is 5.56 Å². The molecule has 0 aliphatic rings. The zero-order valence-electron chi connectivity index (χ0n) is 13.6. The summed E-state index contributed by atoms with van der Waals surface area (Å²) in [5, 5.41) is 14.6. The van der Waals surface area contributed by atoms with Crippen molar-refractivity contribution in [2.45, 2.75) is 19.0 Å². The van der Waals surface area contributed by atoms with Gasteiger partial charge in [0, 0.05) is 5.56 Å². The minimum atomic E-state index is -0.786. The molecular formula is C15H17ClN4O5. The van der Waals surface area contributed by atoms with Crippen molar-refractivity contribution in [3.63, 3.8) is 0 Å². The van der Waals surface area contributed by atoms with Gasteiger partial charge in [-0.25, -0.2) is 0 Å². The number of ether oxygens (including phenoxy) is 2. The normalized spacial score (nSPS) is 11.8. The van der Waals surface area contributed by atoms with Gasteiger partial charge in [-0.15, -0.1) is 0 Å². The first-order valence-electron chi connectivity index (χ1n) is 7.22. The maximum Gasteiger partial charge on any atom is 0.408 e. The van der Waals surface area contributed by atoms with Crippen LogP contribution in [0, 0.1) is 10.1 Å². The fourth-order valence-electron chi connectivity index (χ4n) is 2.34. The number of nitrogens with zero attached hydrogens (tertiary/aromatic N) is 3. The molecule has 0 saturated carbocycles. The van der Waals surface area contributed by atoms with Crippen LogP contribution in [0.1, 0.15) is 11.1 Å². The van der Waals surface area contributed by atoms with Gasteiger partial charge in [0.25, 0.3) is 0 Å².